The van der Waals surface area contributed by atoms with Crippen molar-refractivity contribution in [2.75, 3.05) is 6.54 Å². The van der Waals surface area contributed by atoms with Gasteiger partial charge in [-0.1, -0.05) is 12.5 Å². The number of piperidine rings is 1. The molecule has 0 aromatic heterocycles. The summed E-state index contributed by atoms with van der Waals surface area (Å²) in [6, 6.07) is 4.24. The van der Waals surface area contributed by atoms with Gasteiger partial charge in [-0.3, -0.25) is 10.1 Å². The molecule has 1 atom stereocenters. The molecule has 1 saturated heterocycles. The second-order valence-electron chi connectivity index (χ2n) is 3.97. The maximum atomic E-state index is 13.1. The number of rotatable bonds is 2. The lowest BCUT2D eigenvalue weighted by Crippen LogP contribution is -2.26. The minimum absolute atomic E-state index is 0. The van der Waals surface area contributed by atoms with Crippen LogP contribution in [0.25, 0.3) is 0 Å². The van der Waals surface area contributed by atoms with Crippen molar-refractivity contribution in [3.8, 4) is 0 Å². The monoisotopic (exact) mass is 260 g/mol. The Balaban J connectivity index is 0.00000144. The Morgan fingerprint density at radius 1 is 1.41 bits per heavy atom. The maximum absolute atomic E-state index is 13.1. The largest absolute Gasteiger partial charge is 0.310 e. The summed E-state index contributed by atoms with van der Waals surface area (Å²) < 4.78 is 13.1. The van der Waals surface area contributed by atoms with E-state index in [0.29, 0.717) is 0 Å². The standard InChI is InChI=1S/C11H13FN2O2.ClH/c12-9-5-4-8(7-11(9)14(15)16)10-3-1-2-6-13-10;/h4-5,7,10,13H,1-3,6H2;1H/t10-;/m0./s1. The molecule has 0 saturated carbocycles. The molecular formula is C11H14ClFN2O2. The van der Waals surface area contributed by atoms with Crippen LogP contribution in [0.15, 0.2) is 18.2 Å². The van der Waals surface area contributed by atoms with E-state index < -0.39 is 16.4 Å². The minimum Gasteiger partial charge on any atom is -0.310 e. The second kappa shape index (κ2) is 5.93. The molecular weight excluding hydrogens is 247 g/mol. The average Bonchev–Trinajstić information content (AvgIpc) is 2.30. The fourth-order valence-corrected chi connectivity index (χ4v) is 2.02. The molecule has 1 aliphatic heterocycles. The van der Waals surface area contributed by atoms with Crippen molar-refractivity contribution in [3.05, 3.63) is 39.7 Å². The van der Waals surface area contributed by atoms with Crippen LogP contribution in [0.1, 0.15) is 30.9 Å². The molecule has 17 heavy (non-hydrogen) atoms. The molecule has 1 aromatic rings. The van der Waals surface area contributed by atoms with Crippen LogP contribution in [0.2, 0.25) is 0 Å². The predicted molar refractivity (Wildman–Crippen MR) is 64.9 cm³/mol. The number of hydrogen-bond acceptors (Lipinski definition) is 3. The van der Waals surface area contributed by atoms with Crippen LogP contribution in [0.5, 0.6) is 0 Å². The fourth-order valence-electron chi connectivity index (χ4n) is 2.02. The summed E-state index contributed by atoms with van der Waals surface area (Å²) >= 11 is 0. The van der Waals surface area contributed by atoms with Crippen LogP contribution in [-0.2, 0) is 0 Å². The van der Waals surface area contributed by atoms with Crippen molar-refractivity contribution in [1.29, 1.82) is 0 Å². The quantitative estimate of drug-likeness (QED) is 0.657. The Labute approximate surface area is 105 Å². The van der Waals surface area contributed by atoms with E-state index in [1.807, 2.05) is 0 Å². The third-order valence-electron chi connectivity index (χ3n) is 2.88. The molecule has 4 nitrogen and oxygen atoms in total. The number of hydrogen-bond donors (Lipinski definition) is 1. The Kier molecular flexibility index (Phi) is 4.84. The first-order chi connectivity index (χ1) is 7.68. The molecule has 2 rings (SSSR count). The van der Waals surface area contributed by atoms with Gasteiger partial charge in [0, 0.05) is 12.1 Å². The summed E-state index contributed by atoms with van der Waals surface area (Å²) in [7, 11) is 0. The zero-order valence-corrected chi connectivity index (χ0v) is 10.0. The van der Waals surface area contributed by atoms with Crippen LogP contribution in [0.4, 0.5) is 10.1 Å². The molecule has 0 radical (unpaired) electrons. The molecule has 1 N–H and O–H groups in total. The Bertz CT molecular complexity index is 408. The SMILES string of the molecule is Cl.O=[N+]([O-])c1cc([C@@H]2CCCCN2)ccc1F. The highest BCUT2D eigenvalue weighted by Gasteiger charge is 2.20. The topological polar surface area (TPSA) is 55.2 Å². The van der Waals surface area contributed by atoms with Crippen molar-refractivity contribution in [3.63, 3.8) is 0 Å². The molecule has 0 bridgehead atoms. The van der Waals surface area contributed by atoms with E-state index in [0.717, 1.165) is 31.4 Å². The Morgan fingerprint density at radius 2 is 2.18 bits per heavy atom. The van der Waals surface area contributed by atoms with Crippen LogP contribution >= 0.6 is 12.4 Å². The van der Waals surface area contributed by atoms with Crippen molar-refractivity contribution < 1.29 is 9.31 Å². The number of nitrogens with zero attached hydrogens (tertiary/aromatic N) is 1. The van der Waals surface area contributed by atoms with Crippen molar-refractivity contribution in [1.82, 2.24) is 5.32 Å². The molecule has 6 heteroatoms. The first kappa shape index (κ1) is 13.9. The highest BCUT2D eigenvalue weighted by molar-refractivity contribution is 5.85. The molecule has 0 amide bonds. The van der Waals surface area contributed by atoms with E-state index in [1.165, 1.54) is 12.1 Å². The van der Waals surface area contributed by atoms with Gasteiger partial charge in [0.1, 0.15) is 0 Å². The molecule has 94 valence electrons. The van der Waals surface area contributed by atoms with Gasteiger partial charge in [-0.15, -0.1) is 12.4 Å². The Hall–Kier alpha value is -1.20. The fraction of sp³-hybridized carbons (Fsp3) is 0.455. The molecule has 0 aliphatic carbocycles. The van der Waals surface area contributed by atoms with Gasteiger partial charge in [-0.2, -0.15) is 4.39 Å². The van der Waals surface area contributed by atoms with E-state index in [-0.39, 0.29) is 18.4 Å². The smallest absolute Gasteiger partial charge is 0.305 e. The van der Waals surface area contributed by atoms with Gasteiger partial charge in [-0.25, -0.2) is 0 Å². The summed E-state index contributed by atoms with van der Waals surface area (Å²) in [5, 5.41) is 13.9. The molecule has 1 aromatic carbocycles. The number of benzene rings is 1. The summed E-state index contributed by atoms with van der Waals surface area (Å²) in [5.74, 6) is -0.774. The van der Waals surface area contributed by atoms with Crippen LogP contribution in [0, 0.1) is 15.9 Å². The average molecular weight is 261 g/mol. The number of halogens is 2. The van der Waals surface area contributed by atoms with Gasteiger partial charge in [0.2, 0.25) is 5.82 Å². The molecule has 0 spiro atoms. The first-order valence-corrected chi connectivity index (χ1v) is 5.35. The second-order valence-corrected chi connectivity index (χ2v) is 3.97. The van der Waals surface area contributed by atoms with E-state index >= 15 is 0 Å². The van der Waals surface area contributed by atoms with E-state index in [2.05, 4.69) is 5.32 Å². The highest BCUT2D eigenvalue weighted by Crippen LogP contribution is 2.27. The third-order valence-corrected chi connectivity index (χ3v) is 2.88. The van der Waals surface area contributed by atoms with Gasteiger partial charge in [0.15, 0.2) is 0 Å². The zero-order valence-electron chi connectivity index (χ0n) is 9.19. The van der Waals surface area contributed by atoms with Gasteiger partial charge in [0.05, 0.1) is 4.92 Å². The van der Waals surface area contributed by atoms with Gasteiger partial charge in [-0.05, 0) is 31.0 Å². The summed E-state index contributed by atoms with van der Waals surface area (Å²) in [5.41, 5.74) is 0.359. The van der Waals surface area contributed by atoms with E-state index in [1.54, 1.807) is 6.07 Å². The van der Waals surface area contributed by atoms with Crippen LogP contribution < -0.4 is 5.32 Å². The number of nitro groups is 1. The normalized spacial score (nSPS) is 19.5. The summed E-state index contributed by atoms with van der Waals surface area (Å²) in [6.07, 6.45) is 3.17. The number of nitro benzene ring substituents is 1. The lowest BCUT2D eigenvalue weighted by atomic mass is 9.97. The molecule has 1 heterocycles. The summed E-state index contributed by atoms with van der Waals surface area (Å²) in [6.45, 7) is 0.913. The lowest BCUT2D eigenvalue weighted by Gasteiger charge is -2.23. The van der Waals surface area contributed by atoms with Crippen molar-refractivity contribution in [2.24, 2.45) is 0 Å². The summed E-state index contributed by atoms with van der Waals surface area (Å²) in [4.78, 5) is 9.92. The first-order valence-electron chi connectivity index (χ1n) is 5.35. The minimum atomic E-state index is -0.774. The lowest BCUT2D eigenvalue weighted by molar-refractivity contribution is -0.387. The number of nitrogens with one attached hydrogen (secondary N) is 1. The third kappa shape index (κ3) is 3.14. The molecule has 1 aliphatic rings. The zero-order chi connectivity index (χ0) is 11.5. The maximum Gasteiger partial charge on any atom is 0.305 e. The van der Waals surface area contributed by atoms with Gasteiger partial charge >= 0.3 is 5.69 Å². The molecule has 0 unspecified atom stereocenters. The van der Waals surface area contributed by atoms with E-state index in [9.17, 15) is 14.5 Å². The van der Waals surface area contributed by atoms with Gasteiger partial charge < -0.3 is 5.32 Å². The predicted octanol–water partition coefficient (Wildman–Crippen LogP) is 2.97. The van der Waals surface area contributed by atoms with Crippen molar-refractivity contribution in [2.45, 2.75) is 25.3 Å². The highest BCUT2D eigenvalue weighted by atomic mass is 35.5. The van der Waals surface area contributed by atoms with E-state index in [4.69, 9.17) is 0 Å². The van der Waals surface area contributed by atoms with Crippen molar-refractivity contribution >= 4 is 18.1 Å². The molecule has 1 fully saturated rings. The van der Waals surface area contributed by atoms with Crippen LogP contribution in [-0.4, -0.2) is 11.5 Å². The Morgan fingerprint density at radius 3 is 2.76 bits per heavy atom. The van der Waals surface area contributed by atoms with Crippen LogP contribution in [0.3, 0.4) is 0 Å². The van der Waals surface area contributed by atoms with Gasteiger partial charge in [0.25, 0.3) is 0 Å².